The van der Waals surface area contributed by atoms with E-state index in [0.717, 1.165) is 5.30 Å². The highest BCUT2D eigenvalue weighted by Gasteiger charge is 2.23. The first-order chi connectivity index (χ1) is 7.84. The lowest BCUT2D eigenvalue weighted by molar-refractivity contribution is 0.100. The van der Waals surface area contributed by atoms with E-state index in [0.29, 0.717) is 16.9 Å². The molecule has 0 saturated heterocycles. The van der Waals surface area contributed by atoms with E-state index in [2.05, 4.69) is 40.7 Å². The minimum Gasteiger partial charge on any atom is -0.366 e. The molecule has 3 heteroatoms. The van der Waals surface area contributed by atoms with Crippen LogP contribution in [0.5, 0.6) is 0 Å². The van der Waals surface area contributed by atoms with Gasteiger partial charge >= 0.3 is 0 Å². The van der Waals surface area contributed by atoms with Crippen LogP contribution in [0, 0.1) is 6.92 Å². The number of nitrogens with two attached hydrogens (primary N) is 1. The predicted molar refractivity (Wildman–Crippen MR) is 76.5 cm³/mol. The van der Waals surface area contributed by atoms with Crippen LogP contribution in [0.25, 0.3) is 0 Å². The number of primary amides is 1. The molecule has 0 saturated carbocycles. The Labute approximate surface area is 105 Å². The lowest BCUT2D eigenvalue weighted by atomic mass is 10.1. The third-order valence-corrected chi connectivity index (χ3v) is 5.96. The summed E-state index contributed by atoms with van der Waals surface area (Å²) in [6.45, 7) is 10.9. The minimum atomic E-state index is -0.344. The molecule has 1 rings (SSSR count). The van der Waals surface area contributed by atoms with Crippen molar-refractivity contribution in [3.63, 3.8) is 0 Å². The Balaban J connectivity index is 3.34. The Morgan fingerprint density at radius 3 is 2.12 bits per heavy atom. The van der Waals surface area contributed by atoms with Crippen LogP contribution in [-0.4, -0.2) is 17.2 Å². The van der Waals surface area contributed by atoms with E-state index < -0.39 is 0 Å². The monoisotopic (exact) mass is 251 g/mol. The third kappa shape index (κ3) is 3.29. The molecule has 0 spiro atoms. The van der Waals surface area contributed by atoms with Crippen molar-refractivity contribution >= 4 is 19.1 Å². The number of carbonyl (C=O) groups excluding carboxylic acids is 1. The van der Waals surface area contributed by atoms with E-state index in [1.165, 1.54) is 5.56 Å². The molecule has 0 aromatic heterocycles. The fourth-order valence-electron chi connectivity index (χ4n) is 2.22. The van der Waals surface area contributed by atoms with Gasteiger partial charge in [0, 0.05) is 5.56 Å². The number of hydrogen-bond acceptors (Lipinski definition) is 1. The highest BCUT2D eigenvalue weighted by molar-refractivity contribution is 7.67. The van der Waals surface area contributed by atoms with Gasteiger partial charge in [-0.2, -0.15) is 0 Å². The van der Waals surface area contributed by atoms with E-state index in [9.17, 15) is 4.79 Å². The van der Waals surface area contributed by atoms with Crippen molar-refractivity contribution < 1.29 is 4.79 Å². The highest BCUT2D eigenvalue weighted by atomic mass is 31.1. The summed E-state index contributed by atoms with van der Waals surface area (Å²) in [5.74, 6) is -0.311. The standard InChI is InChI=1S/C14H22NOP/c1-9(2)17(10(3)4)13-8-11(5)6-7-12(13)14(15)16/h6-10H,1-5H3,(H2,15,16). The molecule has 0 aliphatic heterocycles. The van der Waals surface area contributed by atoms with Crippen LogP contribution in [0.1, 0.15) is 43.6 Å². The first kappa shape index (κ1) is 14.2. The van der Waals surface area contributed by atoms with Gasteiger partial charge in [0.2, 0.25) is 5.91 Å². The average molecular weight is 251 g/mol. The second-order valence-electron chi connectivity index (χ2n) is 4.98. The zero-order chi connectivity index (χ0) is 13.2. The fraction of sp³-hybridized carbons (Fsp3) is 0.500. The van der Waals surface area contributed by atoms with Crippen LogP contribution in [-0.2, 0) is 0 Å². The number of benzene rings is 1. The molecule has 1 aromatic carbocycles. The molecule has 0 aliphatic rings. The van der Waals surface area contributed by atoms with Gasteiger partial charge in [0.1, 0.15) is 0 Å². The van der Waals surface area contributed by atoms with Crippen molar-refractivity contribution in [3.8, 4) is 0 Å². The van der Waals surface area contributed by atoms with Gasteiger partial charge < -0.3 is 5.73 Å². The van der Waals surface area contributed by atoms with Crippen LogP contribution in [0.2, 0.25) is 0 Å². The molecule has 17 heavy (non-hydrogen) atoms. The molecular weight excluding hydrogens is 229 g/mol. The van der Waals surface area contributed by atoms with Crippen molar-refractivity contribution in [2.75, 3.05) is 0 Å². The van der Waals surface area contributed by atoms with Gasteiger partial charge in [-0.1, -0.05) is 53.3 Å². The smallest absolute Gasteiger partial charge is 0.249 e. The van der Waals surface area contributed by atoms with E-state index in [4.69, 9.17) is 5.73 Å². The average Bonchev–Trinajstić information content (AvgIpc) is 2.15. The van der Waals surface area contributed by atoms with E-state index in [1.807, 2.05) is 12.1 Å². The summed E-state index contributed by atoms with van der Waals surface area (Å²) in [5.41, 5.74) is 8.49. The summed E-state index contributed by atoms with van der Waals surface area (Å²) in [5, 5.41) is 1.16. The van der Waals surface area contributed by atoms with Gasteiger partial charge in [-0.3, -0.25) is 4.79 Å². The second-order valence-corrected chi connectivity index (χ2v) is 8.34. The Kier molecular flexibility index (Phi) is 4.70. The topological polar surface area (TPSA) is 43.1 Å². The summed E-state index contributed by atoms with van der Waals surface area (Å²) in [7, 11) is -0.344. The summed E-state index contributed by atoms with van der Waals surface area (Å²) >= 11 is 0. The largest absolute Gasteiger partial charge is 0.366 e. The zero-order valence-corrected chi connectivity index (χ0v) is 12.2. The lowest BCUT2D eigenvalue weighted by Gasteiger charge is -2.28. The van der Waals surface area contributed by atoms with Crippen LogP contribution in [0.4, 0.5) is 0 Å². The maximum atomic E-state index is 11.5. The summed E-state index contributed by atoms with van der Waals surface area (Å²) in [4.78, 5) is 11.5. The SMILES string of the molecule is Cc1ccc(C(N)=O)c(P(C(C)C)C(C)C)c1. The first-order valence-corrected chi connectivity index (χ1v) is 7.51. The molecular formula is C14H22NOP. The zero-order valence-electron chi connectivity index (χ0n) is 11.3. The summed E-state index contributed by atoms with van der Waals surface area (Å²) < 4.78 is 0. The summed E-state index contributed by atoms with van der Waals surface area (Å²) in [6, 6.07) is 5.96. The number of aryl methyl sites for hydroxylation is 1. The molecule has 1 amide bonds. The molecule has 0 atom stereocenters. The Morgan fingerprint density at radius 2 is 1.71 bits per heavy atom. The normalized spacial score (nSPS) is 11.5. The van der Waals surface area contributed by atoms with Gasteiger partial charge in [-0.05, 0) is 29.6 Å². The number of carbonyl (C=O) groups is 1. The molecule has 94 valence electrons. The number of amides is 1. The molecule has 1 aromatic rings. The minimum absolute atomic E-state index is 0.311. The molecule has 0 radical (unpaired) electrons. The first-order valence-electron chi connectivity index (χ1n) is 6.03. The Hall–Kier alpha value is -0.880. The van der Waals surface area contributed by atoms with Crippen molar-refractivity contribution in [3.05, 3.63) is 29.3 Å². The molecule has 0 unspecified atom stereocenters. The lowest BCUT2D eigenvalue weighted by Crippen LogP contribution is -2.25. The molecule has 2 N–H and O–H groups in total. The molecule has 2 nitrogen and oxygen atoms in total. The van der Waals surface area contributed by atoms with Crippen molar-refractivity contribution in [1.29, 1.82) is 0 Å². The predicted octanol–water partition coefficient (Wildman–Crippen LogP) is 3.02. The van der Waals surface area contributed by atoms with E-state index >= 15 is 0 Å². The molecule has 0 aliphatic carbocycles. The quantitative estimate of drug-likeness (QED) is 0.821. The maximum absolute atomic E-state index is 11.5. The number of hydrogen-bond donors (Lipinski definition) is 1. The van der Waals surface area contributed by atoms with Gasteiger partial charge in [0.15, 0.2) is 0 Å². The van der Waals surface area contributed by atoms with Gasteiger partial charge in [-0.25, -0.2) is 0 Å². The van der Waals surface area contributed by atoms with Crippen LogP contribution >= 0.6 is 7.92 Å². The van der Waals surface area contributed by atoms with E-state index in [1.54, 1.807) is 0 Å². The molecule has 0 heterocycles. The van der Waals surface area contributed by atoms with Crippen LogP contribution < -0.4 is 11.0 Å². The maximum Gasteiger partial charge on any atom is 0.249 e. The highest BCUT2D eigenvalue weighted by Crippen LogP contribution is 2.45. The van der Waals surface area contributed by atoms with Crippen molar-refractivity contribution in [1.82, 2.24) is 0 Å². The summed E-state index contributed by atoms with van der Waals surface area (Å²) in [6.07, 6.45) is 0. The van der Waals surface area contributed by atoms with Crippen LogP contribution in [0.3, 0.4) is 0 Å². The van der Waals surface area contributed by atoms with Gasteiger partial charge in [-0.15, -0.1) is 0 Å². The van der Waals surface area contributed by atoms with Gasteiger partial charge in [0.25, 0.3) is 0 Å². The second kappa shape index (κ2) is 5.64. The molecule has 0 bridgehead atoms. The fourth-order valence-corrected chi connectivity index (χ4v) is 5.34. The van der Waals surface area contributed by atoms with Gasteiger partial charge in [0.05, 0.1) is 0 Å². The van der Waals surface area contributed by atoms with Crippen LogP contribution in [0.15, 0.2) is 18.2 Å². The van der Waals surface area contributed by atoms with Crippen molar-refractivity contribution in [2.45, 2.75) is 45.9 Å². The number of rotatable bonds is 4. The Bertz CT molecular complexity index is 405. The van der Waals surface area contributed by atoms with E-state index in [-0.39, 0.29) is 13.8 Å². The third-order valence-electron chi connectivity index (χ3n) is 2.81. The van der Waals surface area contributed by atoms with Crippen molar-refractivity contribution in [2.24, 2.45) is 5.73 Å². The molecule has 0 fully saturated rings. The Morgan fingerprint density at radius 1 is 1.18 bits per heavy atom.